The maximum atomic E-state index is 12.4. The van der Waals surface area contributed by atoms with Gasteiger partial charge in [-0.15, -0.1) is 0 Å². The number of ether oxygens (including phenoxy) is 2. The zero-order valence-electron chi connectivity index (χ0n) is 23.1. The molecule has 0 spiro atoms. The first-order chi connectivity index (χ1) is 17.8. The van der Waals surface area contributed by atoms with Crippen LogP contribution < -0.4 is 15.8 Å². The van der Waals surface area contributed by atoms with Crippen LogP contribution in [0.3, 0.4) is 0 Å². The van der Waals surface area contributed by atoms with E-state index in [1.807, 2.05) is 40.7 Å². The van der Waals surface area contributed by atoms with Gasteiger partial charge in [-0.3, -0.25) is 4.79 Å². The van der Waals surface area contributed by atoms with Crippen LogP contribution in [0, 0.1) is 0 Å². The van der Waals surface area contributed by atoms with E-state index < -0.39 is 11.1 Å². The van der Waals surface area contributed by atoms with Crippen LogP contribution in [-0.4, -0.2) is 58.0 Å². The Morgan fingerprint density at radius 2 is 1.92 bits per heavy atom. The monoisotopic (exact) mass is 520 g/mol. The standard InChI is InChI=1S/C28H36N6O4/c1-16-24-17(26(36)38-28(16,4)5)10-11-21(33-24)32-22-13-18-19(14-30-22)25(31-15-20(18)27(2,3)29)37-12-8-9-23(35)34(6)7/h10-11,13-16H,8-9,12,29H2,1-7H3,(H,30,32,33)/t16-/m1/s1. The second-order valence-electron chi connectivity index (χ2n) is 11.0. The lowest BCUT2D eigenvalue weighted by atomic mass is 9.84. The summed E-state index contributed by atoms with van der Waals surface area (Å²) in [7, 11) is 3.47. The van der Waals surface area contributed by atoms with Gasteiger partial charge in [0.1, 0.15) is 17.2 Å². The summed E-state index contributed by atoms with van der Waals surface area (Å²) < 4.78 is 11.5. The van der Waals surface area contributed by atoms with Crippen LogP contribution in [0.25, 0.3) is 10.8 Å². The predicted octanol–water partition coefficient (Wildman–Crippen LogP) is 4.26. The van der Waals surface area contributed by atoms with Crippen LogP contribution in [0.15, 0.2) is 30.6 Å². The van der Waals surface area contributed by atoms with E-state index in [4.69, 9.17) is 20.2 Å². The third kappa shape index (κ3) is 5.55. The summed E-state index contributed by atoms with van der Waals surface area (Å²) in [6.45, 7) is 9.94. The van der Waals surface area contributed by atoms with Gasteiger partial charge in [-0.05, 0) is 63.3 Å². The number of hydrogen-bond donors (Lipinski definition) is 2. The van der Waals surface area contributed by atoms with Gasteiger partial charge >= 0.3 is 5.97 Å². The minimum absolute atomic E-state index is 0.0506. The molecule has 10 heteroatoms. The Labute approximate surface area is 222 Å². The average Bonchev–Trinajstić information content (AvgIpc) is 2.83. The number of fused-ring (bicyclic) bond motifs is 2. The van der Waals surface area contributed by atoms with Gasteiger partial charge < -0.3 is 25.4 Å². The average molecular weight is 521 g/mol. The van der Waals surface area contributed by atoms with Crippen LogP contribution in [0.5, 0.6) is 5.88 Å². The summed E-state index contributed by atoms with van der Waals surface area (Å²) in [4.78, 5) is 39.7. The molecule has 0 aliphatic carbocycles. The Kier molecular flexibility index (Phi) is 7.29. The van der Waals surface area contributed by atoms with Crippen molar-refractivity contribution in [3.05, 3.63) is 47.4 Å². The molecule has 4 rings (SSSR count). The molecular formula is C28H36N6O4. The van der Waals surface area contributed by atoms with Crippen molar-refractivity contribution in [1.29, 1.82) is 0 Å². The largest absolute Gasteiger partial charge is 0.477 e. The number of carbonyl (C=O) groups is 2. The lowest BCUT2D eigenvalue weighted by Crippen LogP contribution is -2.39. The number of nitrogens with zero attached hydrogens (tertiary/aromatic N) is 4. The van der Waals surface area contributed by atoms with Crippen molar-refractivity contribution in [2.24, 2.45) is 5.73 Å². The number of cyclic esters (lactones) is 1. The van der Waals surface area contributed by atoms with Crippen LogP contribution in [0.4, 0.5) is 11.6 Å². The number of rotatable bonds is 8. The highest BCUT2D eigenvalue weighted by Crippen LogP contribution is 2.38. The Balaban J connectivity index is 1.63. The fraction of sp³-hybridized carbons (Fsp3) is 0.464. The summed E-state index contributed by atoms with van der Waals surface area (Å²) in [5.41, 5.74) is 7.16. The molecule has 0 fully saturated rings. The molecule has 0 unspecified atom stereocenters. The number of nitrogens with two attached hydrogens (primary N) is 1. The normalized spacial score (nSPS) is 16.5. The fourth-order valence-electron chi connectivity index (χ4n) is 4.31. The maximum Gasteiger partial charge on any atom is 0.340 e. The quantitative estimate of drug-likeness (QED) is 0.330. The van der Waals surface area contributed by atoms with E-state index in [-0.39, 0.29) is 17.8 Å². The first-order valence-electron chi connectivity index (χ1n) is 12.7. The third-order valence-electron chi connectivity index (χ3n) is 6.91. The van der Waals surface area contributed by atoms with Crippen LogP contribution >= 0.6 is 0 Å². The first kappa shape index (κ1) is 27.3. The van der Waals surface area contributed by atoms with Crippen LogP contribution in [0.1, 0.15) is 75.0 Å². The van der Waals surface area contributed by atoms with E-state index in [9.17, 15) is 9.59 Å². The van der Waals surface area contributed by atoms with Crippen molar-refractivity contribution in [2.45, 2.75) is 64.5 Å². The van der Waals surface area contributed by atoms with Crippen molar-refractivity contribution >= 4 is 34.3 Å². The molecule has 38 heavy (non-hydrogen) atoms. The minimum Gasteiger partial charge on any atom is -0.477 e. The van der Waals surface area contributed by atoms with E-state index in [2.05, 4.69) is 15.3 Å². The Morgan fingerprint density at radius 1 is 1.18 bits per heavy atom. The molecule has 1 aliphatic heterocycles. The molecule has 10 nitrogen and oxygen atoms in total. The van der Waals surface area contributed by atoms with E-state index in [0.717, 1.165) is 16.3 Å². The van der Waals surface area contributed by atoms with Gasteiger partial charge in [0, 0.05) is 44.4 Å². The lowest BCUT2D eigenvalue weighted by molar-refractivity contribution is -0.128. The minimum atomic E-state index is -0.661. The van der Waals surface area contributed by atoms with Gasteiger partial charge in [0.15, 0.2) is 0 Å². The van der Waals surface area contributed by atoms with E-state index in [1.165, 1.54) is 0 Å². The fourth-order valence-corrected chi connectivity index (χ4v) is 4.31. The molecule has 0 radical (unpaired) electrons. The smallest absolute Gasteiger partial charge is 0.340 e. The molecule has 3 aromatic rings. The van der Waals surface area contributed by atoms with Gasteiger partial charge in [0.05, 0.1) is 23.3 Å². The molecule has 0 saturated carbocycles. The lowest BCUT2D eigenvalue weighted by Gasteiger charge is -2.36. The van der Waals surface area contributed by atoms with Gasteiger partial charge in [-0.1, -0.05) is 6.92 Å². The Hall–Kier alpha value is -3.79. The number of carbonyl (C=O) groups excluding carboxylic acids is 2. The van der Waals surface area contributed by atoms with Crippen molar-refractivity contribution < 1.29 is 19.1 Å². The predicted molar refractivity (Wildman–Crippen MR) is 146 cm³/mol. The van der Waals surface area contributed by atoms with E-state index in [1.54, 1.807) is 43.5 Å². The zero-order chi connectivity index (χ0) is 27.8. The summed E-state index contributed by atoms with van der Waals surface area (Å²) in [5, 5.41) is 4.84. The van der Waals surface area contributed by atoms with Gasteiger partial charge in [0.2, 0.25) is 11.8 Å². The van der Waals surface area contributed by atoms with E-state index in [0.29, 0.717) is 48.2 Å². The number of aromatic nitrogens is 3. The molecule has 1 atom stereocenters. The van der Waals surface area contributed by atoms with E-state index >= 15 is 0 Å². The summed E-state index contributed by atoms with van der Waals surface area (Å²) >= 11 is 0. The Morgan fingerprint density at radius 3 is 2.61 bits per heavy atom. The molecule has 4 heterocycles. The zero-order valence-corrected chi connectivity index (χ0v) is 23.1. The number of esters is 1. The number of nitrogens with one attached hydrogen (secondary N) is 1. The number of anilines is 2. The highest BCUT2D eigenvalue weighted by Gasteiger charge is 2.40. The van der Waals surface area contributed by atoms with Crippen LogP contribution in [0.2, 0.25) is 0 Å². The highest BCUT2D eigenvalue weighted by atomic mass is 16.6. The molecule has 0 bridgehead atoms. The van der Waals surface area contributed by atoms with Crippen molar-refractivity contribution in [1.82, 2.24) is 19.9 Å². The maximum absolute atomic E-state index is 12.4. The van der Waals surface area contributed by atoms with Crippen molar-refractivity contribution in [3.63, 3.8) is 0 Å². The van der Waals surface area contributed by atoms with Gasteiger partial charge in [-0.25, -0.2) is 19.7 Å². The molecule has 1 amide bonds. The third-order valence-corrected chi connectivity index (χ3v) is 6.91. The molecule has 3 aromatic heterocycles. The molecule has 3 N–H and O–H groups in total. The Bertz CT molecular complexity index is 1380. The SMILES string of the molecule is C[C@@H]1c2nc(Nc3cc4c(C(C)(C)N)cnc(OCCCC(=O)N(C)C)c4cn3)ccc2C(=O)OC1(C)C. The molecule has 1 aliphatic rings. The number of pyridine rings is 3. The van der Waals surface area contributed by atoms with Crippen LogP contribution in [-0.2, 0) is 15.1 Å². The van der Waals surface area contributed by atoms with Gasteiger partial charge in [0.25, 0.3) is 0 Å². The summed E-state index contributed by atoms with van der Waals surface area (Å²) in [5.74, 6) is 1.17. The first-order valence-corrected chi connectivity index (χ1v) is 12.7. The number of amides is 1. The summed E-state index contributed by atoms with van der Waals surface area (Å²) in [6, 6.07) is 5.36. The second kappa shape index (κ2) is 10.2. The molecular weight excluding hydrogens is 484 g/mol. The molecule has 0 saturated heterocycles. The topological polar surface area (TPSA) is 133 Å². The highest BCUT2D eigenvalue weighted by molar-refractivity contribution is 5.93. The molecule has 0 aromatic carbocycles. The van der Waals surface area contributed by atoms with Crippen molar-refractivity contribution in [3.8, 4) is 5.88 Å². The van der Waals surface area contributed by atoms with Gasteiger partial charge in [-0.2, -0.15) is 0 Å². The second-order valence-corrected chi connectivity index (χ2v) is 11.0. The number of hydrogen-bond acceptors (Lipinski definition) is 9. The molecule has 202 valence electrons. The van der Waals surface area contributed by atoms with Crippen molar-refractivity contribution in [2.75, 3.05) is 26.0 Å². The summed E-state index contributed by atoms with van der Waals surface area (Å²) in [6.07, 6.45) is 4.39.